The van der Waals surface area contributed by atoms with E-state index in [4.69, 9.17) is 9.47 Å². The largest absolute Gasteiger partial charge is 0.478 e. The molecule has 0 radical (unpaired) electrons. The van der Waals surface area contributed by atoms with Crippen molar-refractivity contribution in [1.82, 2.24) is 5.32 Å². The summed E-state index contributed by atoms with van der Waals surface area (Å²) in [7, 11) is 0. The van der Waals surface area contributed by atoms with Crippen molar-refractivity contribution in [2.75, 3.05) is 5.75 Å². The van der Waals surface area contributed by atoms with Gasteiger partial charge in [-0.1, -0.05) is 163 Å². The molecule has 0 spiro atoms. The lowest BCUT2D eigenvalue weighted by Gasteiger charge is -2.43. The number of unbranched alkanes of at least 4 members (excludes halogenated alkanes) is 12. The van der Waals surface area contributed by atoms with E-state index in [1.54, 1.807) is 23.9 Å². The number of thioether (sulfide) groups is 1. The molecule has 4 aromatic rings. The lowest BCUT2D eigenvalue weighted by Crippen LogP contribution is -2.38. The summed E-state index contributed by atoms with van der Waals surface area (Å²) in [5.41, 5.74) is 5.07. The molecule has 0 saturated carbocycles. The summed E-state index contributed by atoms with van der Waals surface area (Å²) >= 11 is 1.63. The molecule has 56 heavy (non-hydrogen) atoms. The van der Waals surface area contributed by atoms with Crippen LogP contribution in [0.1, 0.15) is 153 Å². The van der Waals surface area contributed by atoms with Crippen LogP contribution >= 0.6 is 11.8 Å². The van der Waals surface area contributed by atoms with Crippen molar-refractivity contribution >= 4 is 23.6 Å². The summed E-state index contributed by atoms with van der Waals surface area (Å²) in [5.74, 6) is -0.381. The number of ether oxygens (including phenoxy) is 2. The van der Waals surface area contributed by atoms with Gasteiger partial charge in [-0.05, 0) is 52.9 Å². The molecular formula is C48H61NO6S. The van der Waals surface area contributed by atoms with E-state index in [-0.39, 0.29) is 36.2 Å². The molecule has 1 aliphatic heterocycles. The number of hydrogen-bond donors (Lipinski definition) is 3. The number of carbonyl (C=O) groups is 2. The van der Waals surface area contributed by atoms with Crippen molar-refractivity contribution < 1.29 is 29.3 Å². The molecule has 5 rings (SSSR count). The summed E-state index contributed by atoms with van der Waals surface area (Å²) in [6.45, 7) is 2.70. The smallest absolute Gasteiger partial charge is 0.335 e. The number of aliphatic hydroxyl groups is 1. The Morgan fingerprint density at radius 2 is 1.21 bits per heavy atom. The van der Waals surface area contributed by atoms with Gasteiger partial charge in [-0.2, -0.15) is 0 Å². The van der Waals surface area contributed by atoms with Crippen LogP contribution < -0.4 is 5.32 Å². The third kappa shape index (κ3) is 13.9. The topological polar surface area (TPSA) is 105 Å². The summed E-state index contributed by atoms with van der Waals surface area (Å²) in [6, 6.07) is 33.2. The van der Waals surface area contributed by atoms with Gasteiger partial charge in [0.1, 0.15) is 0 Å². The fourth-order valence-electron chi connectivity index (χ4n) is 7.41. The zero-order valence-electron chi connectivity index (χ0n) is 33.1. The molecule has 300 valence electrons. The van der Waals surface area contributed by atoms with Gasteiger partial charge >= 0.3 is 5.97 Å². The van der Waals surface area contributed by atoms with Gasteiger partial charge in [0, 0.05) is 35.1 Å². The first-order valence-electron chi connectivity index (χ1n) is 20.8. The summed E-state index contributed by atoms with van der Waals surface area (Å²) < 4.78 is 13.7. The molecule has 1 amide bonds. The van der Waals surface area contributed by atoms with Gasteiger partial charge in [0.2, 0.25) is 5.91 Å². The van der Waals surface area contributed by atoms with Gasteiger partial charge in [-0.25, -0.2) is 4.79 Å². The molecule has 3 N–H and O–H groups in total. The lowest BCUT2D eigenvalue weighted by atomic mass is 9.84. The van der Waals surface area contributed by atoms with Crippen LogP contribution in [0.15, 0.2) is 108 Å². The Kier molecular flexibility index (Phi) is 18.5. The van der Waals surface area contributed by atoms with Crippen LogP contribution in [0.5, 0.6) is 0 Å². The highest BCUT2D eigenvalue weighted by atomic mass is 32.2. The highest BCUT2D eigenvalue weighted by Crippen LogP contribution is 2.48. The first-order valence-corrected chi connectivity index (χ1v) is 21.8. The van der Waals surface area contributed by atoms with Crippen molar-refractivity contribution in [2.45, 2.75) is 139 Å². The van der Waals surface area contributed by atoms with E-state index in [0.29, 0.717) is 18.7 Å². The SMILES string of the molecule is CCCCCCCCCCCCCCCC(=O)NCc1ccc(C2OC(CSc3ccc(C(=O)O)cc3)C(c3ccccc3)C(c3ccc(CO)cc3)O2)cc1. The van der Waals surface area contributed by atoms with E-state index < -0.39 is 12.3 Å². The minimum absolute atomic E-state index is 0.0359. The predicted molar refractivity (Wildman–Crippen MR) is 226 cm³/mol. The Bertz CT molecular complexity index is 1710. The zero-order valence-corrected chi connectivity index (χ0v) is 33.9. The van der Waals surface area contributed by atoms with Crippen molar-refractivity contribution in [3.63, 3.8) is 0 Å². The number of nitrogens with one attached hydrogen (secondary N) is 1. The van der Waals surface area contributed by atoms with Crippen molar-refractivity contribution in [3.8, 4) is 0 Å². The Morgan fingerprint density at radius 3 is 1.80 bits per heavy atom. The van der Waals surface area contributed by atoms with E-state index in [0.717, 1.165) is 45.6 Å². The second-order valence-corrected chi connectivity index (χ2v) is 16.1. The zero-order chi connectivity index (χ0) is 39.4. The molecule has 0 aliphatic carbocycles. The van der Waals surface area contributed by atoms with Crippen LogP contribution in [-0.2, 0) is 27.4 Å². The second kappa shape index (κ2) is 24.0. The average Bonchev–Trinajstić information content (AvgIpc) is 3.24. The molecule has 1 saturated heterocycles. The average molecular weight is 780 g/mol. The maximum absolute atomic E-state index is 12.6. The third-order valence-electron chi connectivity index (χ3n) is 10.7. The van der Waals surface area contributed by atoms with Crippen LogP contribution in [0.25, 0.3) is 0 Å². The molecule has 4 aromatic carbocycles. The van der Waals surface area contributed by atoms with Crippen molar-refractivity contribution in [3.05, 3.63) is 137 Å². The lowest BCUT2D eigenvalue weighted by molar-refractivity contribution is -0.255. The Hall–Kier alpha value is -3.95. The fourth-order valence-corrected chi connectivity index (χ4v) is 8.38. The first-order chi connectivity index (χ1) is 27.4. The Morgan fingerprint density at radius 1 is 0.643 bits per heavy atom. The van der Waals surface area contributed by atoms with E-state index in [9.17, 15) is 19.8 Å². The molecule has 1 fully saturated rings. The van der Waals surface area contributed by atoms with Gasteiger partial charge in [0.05, 0.1) is 24.4 Å². The quantitative estimate of drug-likeness (QED) is 0.0480. The van der Waals surface area contributed by atoms with Crippen molar-refractivity contribution in [1.29, 1.82) is 0 Å². The molecule has 0 aromatic heterocycles. The normalized spacial score (nSPS) is 18.1. The molecule has 7 nitrogen and oxygen atoms in total. The first kappa shape index (κ1) is 43.2. The second-order valence-electron chi connectivity index (χ2n) is 15.1. The number of aliphatic hydroxyl groups excluding tert-OH is 1. The number of carboxylic acids is 1. The number of carbonyl (C=O) groups excluding carboxylic acids is 1. The standard InChI is InChI=1S/C48H61NO6S/c1-2-3-4-5-6-7-8-9-10-11-12-13-17-20-44(51)49-33-36-21-27-41(28-22-36)48-54-43(35-56-42-31-29-40(30-32-42)47(52)53)45(38-18-15-14-16-19-38)46(55-48)39-25-23-37(34-50)24-26-39/h14-16,18-19,21-32,43,45-46,48,50H,2-13,17,20,33-35H2,1H3,(H,49,51)(H,52,53). The molecule has 4 atom stereocenters. The van der Waals surface area contributed by atoms with Gasteiger partial charge in [-0.3, -0.25) is 4.79 Å². The third-order valence-corrected chi connectivity index (χ3v) is 11.8. The highest BCUT2D eigenvalue weighted by molar-refractivity contribution is 7.99. The maximum Gasteiger partial charge on any atom is 0.335 e. The number of rotatable bonds is 24. The minimum Gasteiger partial charge on any atom is -0.478 e. The van der Waals surface area contributed by atoms with E-state index in [1.165, 1.54) is 70.6 Å². The molecule has 8 heteroatoms. The highest BCUT2D eigenvalue weighted by Gasteiger charge is 2.42. The predicted octanol–water partition coefficient (Wildman–Crippen LogP) is 11.7. The van der Waals surface area contributed by atoms with Crippen LogP contribution in [0.2, 0.25) is 0 Å². The number of hydrogen-bond acceptors (Lipinski definition) is 6. The van der Waals surface area contributed by atoms with Crippen LogP contribution in [0.3, 0.4) is 0 Å². The summed E-state index contributed by atoms with van der Waals surface area (Å²) in [4.78, 5) is 25.0. The summed E-state index contributed by atoms with van der Waals surface area (Å²) in [5, 5.41) is 22.2. The number of carboxylic acid groups (broad SMARTS) is 1. The van der Waals surface area contributed by atoms with Crippen LogP contribution in [-0.4, -0.2) is 33.9 Å². The molecular weight excluding hydrogens is 719 g/mol. The van der Waals surface area contributed by atoms with Crippen LogP contribution in [0.4, 0.5) is 0 Å². The molecule has 1 heterocycles. The fraction of sp³-hybridized carbons (Fsp3) is 0.458. The number of amides is 1. The Balaban J connectivity index is 1.16. The van der Waals surface area contributed by atoms with Gasteiger partial charge in [-0.15, -0.1) is 11.8 Å². The van der Waals surface area contributed by atoms with Crippen molar-refractivity contribution in [2.24, 2.45) is 0 Å². The van der Waals surface area contributed by atoms with Gasteiger partial charge in [0.25, 0.3) is 0 Å². The molecule has 0 bridgehead atoms. The van der Waals surface area contributed by atoms with Crippen LogP contribution in [0, 0.1) is 0 Å². The minimum atomic E-state index is -0.949. The molecule has 1 aliphatic rings. The molecule has 4 unspecified atom stereocenters. The number of benzene rings is 4. The van der Waals surface area contributed by atoms with Gasteiger partial charge in [0.15, 0.2) is 6.29 Å². The van der Waals surface area contributed by atoms with Gasteiger partial charge < -0.3 is 25.0 Å². The maximum atomic E-state index is 12.6. The monoisotopic (exact) mass is 779 g/mol. The van der Waals surface area contributed by atoms with E-state index in [2.05, 4.69) is 24.4 Å². The van der Waals surface area contributed by atoms with E-state index >= 15 is 0 Å². The number of aromatic carboxylic acids is 1. The Labute approximate surface area is 338 Å². The summed E-state index contributed by atoms with van der Waals surface area (Å²) in [6.07, 6.45) is 16.1. The van der Waals surface area contributed by atoms with E-state index in [1.807, 2.05) is 78.9 Å².